The zero-order valence-corrected chi connectivity index (χ0v) is 13.4. The van der Waals surface area contributed by atoms with Crippen molar-refractivity contribution >= 4 is 0 Å². The zero-order chi connectivity index (χ0) is 15.7. The number of halogens is 1. The second-order valence-electron chi connectivity index (χ2n) is 6.09. The van der Waals surface area contributed by atoms with Crippen molar-refractivity contribution in [1.82, 2.24) is 29.9 Å². The minimum absolute atomic E-state index is 0.0308. The number of aryl methyl sites for hydroxylation is 3. The van der Waals surface area contributed by atoms with E-state index in [9.17, 15) is 4.39 Å². The molecule has 120 valence electrons. The molecule has 3 rings (SSSR count). The Balaban J connectivity index is 1.72. The second-order valence-corrected chi connectivity index (χ2v) is 6.09. The maximum atomic E-state index is 13.4. The molecule has 0 radical (unpaired) electrons. The van der Waals surface area contributed by atoms with E-state index in [1.54, 1.807) is 0 Å². The number of nitrogens with zero attached hydrogens (tertiary/aromatic N) is 5. The normalized spacial score (nSPS) is 22.5. The SMILES string of the molecule is CCn1cc(CN2CC(CF)C(c3n[nH]c(C)n3)C2)c(C)n1. The molecule has 1 N–H and O–H groups in total. The molecule has 3 heterocycles. The van der Waals surface area contributed by atoms with Gasteiger partial charge in [0.1, 0.15) is 5.82 Å². The third-order valence-corrected chi connectivity index (χ3v) is 4.43. The van der Waals surface area contributed by atoms with E-state index in [1.807, 2.05) is 18.5 Å². The fourth-order valence-corrected chi connectivity index (χ4v) is 3.18. The molecule has 6 nitrogen and oxygen atoms in total. The Morgan fingerprint density at radius 3 is 2.77 bits per heavy atom. The minimum Gasteiger partial charge on any atom is -0.298 e. The van der Waals surface area contributed by atoms with E-state index in [2.05, 4.69) is 38.3 Å². The molecule has 2 atom stereocenters. The van der Waals surface area contributed by atoms with Crippen molar-refractivity contribution in [1.29, 1.82) is 0 Å². The van der Waals surface area contributed by atoms with Gasteiger partial charge in [-0.1, -0.05) is 0 Å². The van der Waals surface area contributed by atoms with E-state index in [0.29, 0.717) is 0 Å². The molecule has 0 bridgehead atoms. The van der Waals surface area contributed by atoms with Crippen LogP contribution in [0.3, 0.4) is 0 Å². The number of H-pyrrole nitrogens is 1. The van der Waals surface area contributed by atoms with Crippen molar-refractivity contribution in [3.05, 3.63) is 29.1 Å². The summed E-state index contributed by atoms with van der Waals surface area (Å²) < 4.78 is 15.3. The van der Waals surface area contributed by atoms with Crippen LogP contribution < -0.4 is 0 Å². The van der Waals surface area contributed by atoms with Crippen LogP contribution in [-0.2, 0) is 13.1 Å². The summed E-state index contributed by atoms with van der Waals surface area (Å²) in [7, 11) is 0. The molecular weight excluding hydrogens is 283 g/mol. The molecule has 22 heavy (non-hydrogen) atoms. The predicted octanol–water partition coefficient (Wildman–Crippen LogP) is 1.82. The molecule has 2 unspecified atom stereocenters. The molecule has 0 amide bonds. The number of hydrogen-bond acceptors (Lipinski definition) is 4. The summed E-state index contributed by atoms with van der Waals surface area (Å²) in [5, 5.41) is 11.6. The first kappa shape index (κ1) is 15.1. The highest BCUT2D eigenvalue weighted by molar-refractivity contribution is 5.16. The van der Waals surface area contributed by atoms with Gasteiger partial charge in [0.25, 0.3) is 0 Å². The molecule has 1 aliphatic heterocycles. The van der Waals surface area contributed by atoms with Gasteiger partial charge in [-0.05, 0) is 20.8 Å². The van der Waals surface area contributed by atoms with Crippen LogP contribution in [0, 0.1) is 19.8 Å². The average molecular weight is 306 g/mol. The molecule has 2 aromatic rings. The van der Waals surface area contributed by atoms with Crippen LogP contribution in [0.15, 0.2) is 6.20 Å². The van der Waals surface area contributed by atoms with E-state index in [0.717, 1.165) is 43.5 Å². The highest BCUT2D eigenvalue weighted by Gasteiger charge is 2.36. The summed E-state index contributed by atoms with van der Waals surface area (Å²) >= 11 is 0. The molecule has 0 aliphatic carbocycles. The first-order chi connectivity index (χ1) is 10.6. The quantitative estimate of drug-likeness (QED) is 0.915. The average Bonchev–Trinajstić information content (AvgIpc) is 3.19. The Morgan fingerprint density at radius 2 is 2.18 bits per heavy atom. The van der Waals surface area contributed by atoms with Crippen LogP contribution >= 0.6 is 0 Å². The molecule has 0 spiro atoms. The van der Waals surface area contributed by atoms with Gasteiger partial charge in [0.05, 0.1) is 12.4 Å². The lowest BCUT2D eigenvalue weighted by Crippen LogP contribution is -2.20. The lowest BCUT2D eigenvalue weighted by molar-refractivity contribution is 0.295. The number of rotatable bonds is 5. The summed E-state index contributed by atoms with van der Waals surface area (Å²) in [5.74, 6) is 1.56. The van der Waals surface area contributed by atoms with Crippen molar-refractivity contribution < 1.29 is 4.39 Å². The maximum absolute atomic E-state index is 13.4. The number of aromatic amines is 1. The third-order valence-electron chi connectivity index (χ3n) is 4.43. The fourth-order valence-electron chi connectivity index (χ4n) is 3.18. The summed E-state index contributed by atoms with van der Waals surface area (Å²) in [4.78, 5) is 6.67. The Morgan fingerprint density at radius 1 is 1.36 bits per heavy atom. The van der Waals surface area contributed by atoms with Gasteiger partial charge in [-0.2, -0.15) is 10.2 Å². The summed E-state index contributed by atoms with van der Waals surface area (Å²) in [6.45, 7) is 8.86. The van der Waals surface area contributed by atoms with Crippen LogP contribution in [0.4, 0.5) is 4.39 Å². The fraction of sp³-hybridized carbons (Fsp3) is 0.667. The van der Waals surface area contributed by atoms with Gasteiger partial charge >= 0.3 is 0 Å². The van der Waals surface area contributed by atoms with E-state index in [4.69, 9.17) is 0 Å². The van der Waals surface area contributed by atoms with Gasteiger partial charge in [-0.3, -0.25) is 19.1 Å². The zero-order valence-electron chi connectivity index (χ0n) is 13.4. The van der Waals surface area contributed by atoms with Crippen LogP contribution in [0.25, 0.3) is 0 Å². The molecule has 1 aliphatic rings. The van der Waals surface area contributed by atoms with E-state index >= 15 is 0 Å². The second kappa shape index (κ2) is 6.16. The molecule has 1 saturated heterocycles. The lowest BCUT2D eigenvalue weighted by Gasteiger charge is -2.14. The van der Waals surface area contributed by atoms with Crippen molar-refractivity contribution in [3.63, 3.8) is 0 Å². The highest BCUT2D eigenvalue weighted by atomic mass is 19.1. The first-order valence-corrected chi connectivity index (χ1v) is 7.80. The van der Waals surface area contributed by atoms with Gasteiger partial charge in [-0.25, -0.2) is 4.98 Å². The largest absolute Gasteiger partial charge is 0.298 e. The molecule has 2 aromatic heterocycles. The Hall–Kier alpha value is -1.76. The summed E-state index contributed by atoms with van der Waals surface area (Å²) in [6, 6.07) is 0. The smallest absolute Gasteiger partial charge is 0.155 e. The van der Waals surface area contributed by atoms with Crippen LogP contribution in [0.1, 0.15) is 35.7 Å². The Kier molecular flexibility index (Phi) is 4.24. The van der Waals surface area contributed by atoms with Crippen LogP contribution in [0.2, 0.25) is 0 Å². The lowest BCUT2D eigenvalue weighted by atomic mass is 9.97. The van der Waals surface area contributed by atoms with E-state index < -0.39 is 0 Å². The monoisotopic (exact) mass is 306 g/mol. The van der Waals surface area contributed by atoms with Crippen molar-refractivity contribution in [2.24, 2.45) is 5.92 Å². The summed E-state index contributed by atoms with van der Waals surface area (Å²) in [6.07, 6.45) is 2.09. The van der Waals surface area contributed by atoms with Crippen molar-refractivity contribution in [2.45, 2.75) is 39.8 Å². The number of aromatic nitrogens is 5. The topological polar surface area (TPSA) is 62.6 Å². The third kappa shape index (κ3) is 2.90. The standard InChI is InChI=1S/C15H23FN6/c1-4-22-8-13(10(2)20-22)7-21-6-12(5-16)14(9-21)15-17-11(3)18-19-15/h8,12,14H,4-7,9H2,1-3H3,(H,17,18,19). The van der Waals surface area contributed by atoms with Gasteiger partial charge in [-0.15, -0.1) is 0 Å². The van der Waals surface area contributed by atoms with Gasteiger partial charge in [0.15, 0.2) is 5.82 Å². The first-order valence-electron chi connectivity index (χ1n) is 7.80. The predicted molar refractivity (Wildman–Crippen MR) is 81.2 cm³/mol. The van der Waals surface area contributed by atoms with E-state index in [1.165, 1.54) is 5.56 Å². The van der Waals surface area contributed by atoms with Gasteiger partial charge in [0, 0.05) is 49.8 Å². The molecule has 1 fully saturated rings. The summed E-state index contributed by atoms with van der Waals surface area (Å²) in [5.41, 5.74) is 2.27. The van der Waals surface area contributed by atoms with Gasteiger partial charge in [0.2, 0.25) is 0 Å². The number of hydrogen-bond donors (Lipinski definition) is 1. The van der Waals surface area contributed by atoms with E-state index in [-0.39, 0.29) is 18.5 Å². The van der Waals surface area contributed by atoms with Crippen LogP contribution in [0.5, 0.6) is 0 Å². The molecule has 0 saturated carbocycles. The maximum Gasteiger partial charge on any atom is 0.155 e. The molecule has 0 aromatic carbocycles. The highest BCUT2D eigenvalue weighted by Crippen LogP contribution is 2.32. The number of likely N-dealkylation sites (tertiary alicyclic amines) is 1. The van der Waals surface area contributed by atoms with Gasteiger partial charge < -0.3 is 0 Å². The number of nitrogens with one attached hydrogen (secondary N) is 1. The molecular formula is C15H23FN6. The van der Waals surface area contributed by atoms with Crippen molar-refractivity contribution in [3.8, 4) is 0 Å². The van der Waals surface area contributed by atoms with Crippen molar-refractivity contribution in [2.75, 3.05) is 19.8 Å². The Bertz CT molecular complexity index is 634. The number of alkyl halides is 1. The Labute approximate surface area is 129 Å². The molecule has 7 heteroatoms. The van der Waals surface area contributed by atoms with Crippen LogP contribution in [-0.4, -0.2) is 49.6 Å². The minimum atomic E-state index is -0.331.